The van der Waals surface area contributed by atoms with E-state index < -0.39 is 32.1 Å². The van der Waals surface area contributed by atoms with Gasteiger partial charge in [-0.05, 0) is 72.2 Å². The van der Waals surface area contributed by atoms with Gasteiger partial charge < -0.3 is 0 Å². The summed E-state index contributed by atoms with van der Waals surface area (Å²) in [6.45, 7) is 1.70. The van der Waals surface area contributed by atoms with Crippen molar-refractivity contribution in [3.63, 3.8) is 0 Å². The number of nitrogens with zero attached hydrogens (tertiary/aromatic N) is 4. The van der Waals surface area contributed by atoms with Gasteiger partial charge in [-0.3, -0.25) is 0 Å². The molecule has 5 rings (SSSR count). The Morgan fingerprint density at radius 1 is 0.500 bits per heavy atom. The van der Waals surface area contributed by atoms with Crippen LogP contribution < -0.4 is 0 Å². The first-order chi connectivity index (χ1) is 19.3. The van der Waals surface area contributed by atoms with Crippen molar-refractivity contribution >= 4 is 20.0 Å². The Balaban J connectivity index is 1.54. The first-order valence-corrected chi connectivity index (χ1v) is 17.1. The van der Waals surface area contributed by atoms with E-state index in [0.29, 0.717) is 37.3 Å². The lowest BCUT2D eigenvalue weighted by Crippen LogP contribution is -2.34. The van der Waals surface area contributed by atoms with E-state index in [1.807, 2.05) is 0 Å². The molecule has 2 heterocycles. The van der Waals surface area contributed by atoms with Gasteiger partial charge in [-0.15, -0.1) is 9.81 Å². The van der Waals surface area contributed by atoms with E-state index >= 15 is 0 Å². The molecule has 0 radical (unpaired) electrons. The Morgan fingerprint density at radius 3 is 1.18 bits per heavy atom. The van der Waals surface area contributed by atoms with Crippen LogP contribution >= 0.6 is 0 Å². The minimum atomic E-state index is -3.84. The third-order valence-corrected chi connectivity index (χ3v) is 12.2. The first kappa shape index (κ1) is 29.0. The molecule has 40 heavy (non-hydrogen) atoms. The number of nitroso groups, excluding NO2 is 2. The van der Waals surface area contributed by atoms with Crippen LogP contribution in [0.4, 0.5) is 0 Å². The minimum absolute atomic E-state index is 0.0259. The van der Waals surface area contributed by atoms with Gasteiger partial charge in [0, 0.05) is 26.2 Å². The second-order valence-electron chi connectivity index (χ2n) is 10.9. The van der Waals surface area contributed by atoms with Crippen LogP contribution in [-0.2, 0) is 20.0 Å². The Morgan fingerprint density at radius 2 is 0.825 bits per heavy atom. The van der Waals surface area contributed by atoms with Crippen LogP contribution in [0, 0.1) is 9.81 Å². The number of benzene rings is 2. The predicted molar refractivity (Wildman–Crippen MR) is 152 cm³/mol. The summed E-state index contributed by atoms with van der Waals surface area (Å²) in [6.07, 6.45) is 9.19. The summed E-state index contributed by atoms with van der Waals surface area (Å²) in [6, 6.07) is 6.62. The molecule has 216 valence electrons. The topological polar surface area (TPSA) is 134 Å². The van der Waals surface area contributed by atoms with Crippen molar-refractivity contribution in [1.82, 2.24) is 8.61 Å². The van der Waals surface area contributed by atoms with E-state index in [0.717, 1.165) is 64.2 Å². The van der Waals surface area contributed by atoms with Gasteiger partial charge in [0.25, 0.3) is 0 Å². The van der Waals surface area contributed by atoms with E-state index in [-0.39, 0.29) is 20.9 Å². The van der Waals surface area contributed by atoms with Crippen LogP contribution in [0.2, 0.25) is 0 Å². The molecule has 0 saturated carbocycles. The summed E-state index contributed by atoms with van der Waals surface area (Å²) in [5.74, 6) is 0. The summed E-state index contributed by atoms with van der Waals surface area (Å²) < 4.78 is 57.3. The molecule has 0 spiro atoms. The van der Waals surface area contributed by atoms with Gasteiger partial charge in [-0.2, -0.15) is 8.61 Å². The fraction of sp³-hybridized carbons (Fsp3) is 0.571. The van der Waals surface area contributed by atoms with Crippen LogP contribution in [0.15, 0.2) is 56.5 Å². The molecule has 2 fully saturated rings. The average Bonchev–Trinajstić information content (AvgIpc) is 2.90. The lowest BCUT2D eigenvalue weighted by molar-refractivity contribution is 0.364. The molecule has 0 unspecified atom stereocenters. The van der Waals surface area contributed by atoms with Gasteiger partial charge in [-0.1, -0.05) is 61.0 Å². The number of sulfonamides is 2. The molecule has 2 aromatic carbocycles. The Labute approximate surface area is 236 Å². The van der Waals surface area contributed by atoms with Crippen LogP contribution in [0.25, 0.3) is 0 Å². The molecular weight excluding hydrogens is 552 g/mol. The maximum absolute atomic E-state index is 13.6. The van der Waals surface area contributed by atoms with Crippen LogP contribution in [0.3, 0.4) is 0 Å². The van der Waals surface area contributed by atoms with E-state index in [1.165, 1.54) is 45.0 Å². The summed E-state index contributed by atoms with van der Waals surface area (Å²) in [5, 5.41) is 6.61. The highest BCUT2D eigenvalue weighted by Crippen LogP contribution is 2.46. The molecule has 0 amide bonds. The highest BCUT2D eigenvalue weighted by atomic mass is 32.2. The summed E-state index contributed by atoms with van der Waals surface area (Å²) in [4.78, 5) is 24.4. The van der Waals surface area contributed by atoms with Crippen molar-refractivity contribution < 1.29 is 16.8 Å². The molecule has 10 nitrogen and oxygen atoms in total. The average molecular weight is 589 g/mol. The molecule has 0 aromatic heterocycles. The molecule has 12 heteroatoms. The number of hydrogen-bond donors (Lipinski definition) is 0. The summed E-state index contributed by atoms with van der Waals surface area (Å²) in [7, 11) is -7.68. The molecule has 3 aliphatic rings. The van der Waals surface area contributed by atoms with Crippen molar-refractivity contribution in [2.75, 3.05) is 26.2 Å². The van der Waals surface area contributed by atoms with E-state index in [9.17, 15) is 26.6 Å². The largest absolute Gasteiger partial charge is 0.243 e. The van der Waals surface area contributed by atoms with E-state index in [1.54, 1.807) is 0 Å². The standard InChI is InChI=1S/C28H36N4O6S2/c33-29-27-23-13-11-21(39(35,36)31-15-7-3-1-4-8-16-31)19-25(23)28(30-34)26-20-22(12-14-24(26)27)40(37,38)32-17-9-5-2-6-10-18-32/h11-14,19-20,27-28H,1-10,15-18H2. The Hall–Kier alpha value is -2.54. The van der Waals surface area contributed by atoms with Gasteiger partial charge in [0.15, 0.2) is 0 Å². The normalized spacial score (nSPS) is 23.5. The molecular formula is C28H36N4O6S2. The lowest BCUT2D eigenvalue weighted by Gasteiger charge is -2.30. The molecule has 0 N–H and O–H groups in total. The number of fused-ring (bicyclic) bond motifs is 2. The zero-order valence-corrected chi connectivity index (χ0v) is 24.2. The van der Waals surface area contributed by atoms with Gasteiger partial charge >= 0.3 is 0 Å². The molecule has 2 aromatic rings. The third kappa shape index (κ3) is 5.50. The second-order valence-corrected chi connectivity index (χ2v) is 14.8. The van der Waals surface area contributed by atoms with Crippen LogP contribution in [-0.4, -0.2) is 51.6 Å². The van der Waals surface area contributed by atoms with Crippen molar-refractivity contribution in [3.8, 4) is 0 Å². The SMILES string of the molecule is O=NC1c2ccc(S(=O)(=O)N3CCCCCCC3)cc2C(N=O)c2cc(S(=O)(=O)N3CCCCCCC3)ccc21. The van der Waals surface area contributed by atoms with Crippen molar-refractivity contribution in [1.29, 1.82) is 0 Å². The predicted octanol–water partition coefficient (Wildman–Crippen LogP) is 5.62. The molecule has 0 atom stereocenters. The van der Waals surface area contributed by atoms with Gasteiger partial charge in [0.2, 0.25) is 20.0 Å². The minimum Gasteiger partial charge on any atom is -0.207 e. The van der Waals surface area contributed by atoms with Gasteiger partial charge in [-0.25, -0.2) is 16.8 Å². The zero-order chi connectivity index (χ0) is 28.3. The highest BCUT2D eigenvalue weighted by Gasteiger charge is 2.37. The fourth-order valence-electron chi connectivity index (χ4n) is 6.18. The quantitative estimate of drug-likeness (QED) is 0.402. The Bertz CT molecular complexity index is 1360. The number of rotatable bonds is 6. The molecule has 2 saturated heterocycles. The molecule has 0 bridgehead atoms. The van der Waals surface area contributed by atoms with Crippen molar-refractivity contribution in [3.05, 3.63) is 68.5 Å². The van der Waals surface area contributed by atoms with Gasteiger partial charge in [0.05, 0.1) is 9.79 Å². The van der Waals surface area contributed by atoms with Crippen LogP contribution in [0.5, 0.6) is 0 Å². The molecule has 2 aliphatic heterocycles. The fourth-order valence-corrected chi connectivity index (χ4v) is 9.28. The lowest BCUT2D eigenvalue weighted by atomic mass is 9.80. The van der Waals surface area contributed by atoms with Crippen molar-refractivity contribution in [2.45, 2.75) is 86.1 Å². The first-order valence-electron chi connectivity index (χ1n) is 14.2. The second kappa shape index (κ2) is 12.1. The van der Waals surface area contributed by atoms with E-state index in [4.69, 9.17) is 0 Å². The maximum Gasteiger partial charge on any atom is 0.243 e. The zero-order valence-electron chi connectivity index (χ0n) is 22.6. The van der Waals surface area contributed by atoms with Gasteiger partial charge in [0.1, 0.15) is 12.1 Å². The highest BCUT2D eigenvalue weighted by molar-refractivity contribution is 7.89. The monoisotopic (exact) mass is 588 g/mol. The Kier molecular flexibility index (Phi) is 8.79. The third-order valence-electron chi connectivity index (χ3n) is 8.41. The maximum atomic E-state index is 13.6. The van der Waals surface area contributed by atoms with E-state index in [2.05, 4.69) is 10.4 Å². The van der Waals surface area contributed by atoms with Crippen LogP contribution in [0.1, 0.15) is 98.5 Å². The van der Waals surface area contributed by atoms with Crippen molar-refractivity contribution in [2.24, 2.45) is 10.4 Å². The number of hydrogen-bond acceptors (Lipinski definition) is 8. The summed E-state index contributed by atoms with van der Waals surface area (Å²) >= 11 is 0. The summed E-state index contributed by atoms with van der Waals surface area (Å²) in [5.41, 5.74) is 1.33. The smallest absolute Gasteiger partial charge is 0.207 e. The molecule has 1 aliphatic carbocycles.